The van der Waals surface area contributed by atoms with E-state index in [0.717, 1.165) is 0 Å². The zero-order valence-corrected chi connectivity index (χ0v) is 10.2. The Kier molecular flexibility index (Phi) is 3.50. The van der Waals surface area contributed by atoms with Crippen LogP contribution in [0, 0.1) is 18.6 Å². The molecule has 1 heterocycles. The van der Waals surface area contributed by atoms with Gasteiger partial charge in [-0.1, -0.05) is 6.07 Å². The maximum Gasteiger partial charge on any atom is 0.135 e. The molecule has 0 atom stereocenters. The topological polar surface area (TPSA) is 37.8 Å². The van der Waals surface area contributed by atoms with Crippen molar-refractivity contribution >= 4 is 5.82 Å². The molecule has 18 heavy (non-hydrogen) atoms. The Hall–Kier alpha value is -2.04. The Balaban J connectivity index is 2.61. The van der Waals surface area contributed by atoms with Crippen LogP contribution < -0.4 is 5.32 Å². The van der Waals surface area contributed by atoms with E-state index in [-0.39, 0.29) is 11.3 Å². The Labute approximate surface area is 104 Å². The fourth-order valence-corrected chi connectivity index (χ4v) is 1.77. The molecular weight excluding hydrogens is 236 g/mol. The summed E-state index contributed by atoms with van der Waals surface area (Å²) in [6, 6.07) is 3.76. The third-order valence-corrected chi connectivity index (χ3v) is 2.63. The quantitative estimate of drug-likeness (QED) is 0.908. The Morgan fingerprint density at radius 2 is 1.83 bits per heavy atom. The van der Waals surface area contributed by atoms with Crippen LogP contribution in [0.15, 0.2) is 24.5 Å². The number of anilines is 1. The second-order valence-electron chi connectivity index (χ2n) is 3.82. The van der Waals surface area contributed by atoms with Crippen molar-refractivity contribution in [3.05, 3.63) is 41.7 Å². The number of rotatable bonds is 3. The lowest BCUT2D eigenvalue weighted by atomic mass is 10.1. The van der Waals surface area contributed by atoms with Gasteiger partial charge in [0.05, 0.1) is 11.3 Å². The van der Waals surface area contributed by atoms with Gasteiger partial charge < -0.3 is 5.32 Å². The van der Waals surface area contributed by atoms with Crippen molar-refractivity contribution in [2.24, 2.45) is 0 Å². The van der Waals surface area contributed by atoms with Crippen molar-refractivity contribution in [2.75, 3.05) is 11.9 Å². The van der Waals surface area contributed by atoms with Gasteiger partial charge in [-0.2, -0.15) is 0 Å². The van der Waals surface area contributed by atoms with Gasteiger partial charge in [0, 0.05) is 12.1 Å². The largest absolute Gasteiger partial charge is 0.370 e. The lowest BCUT2D eigenvalue weighted by Crippen LogP contribution is -2.05. The van der Waals surface area contributed by atoms with Gasteiger partial charge in [-0.3, -0.25) is 0 Å². The summed E-state index contributed by atoms with van der Waals surface area (Å²) in [5.41, 5.74) is 0.788. The molecule has 0 radical (unpaired) electrons. The molecule has 0 spiro atoms. The molecule has 2 rings (SSSR count). The van der Waals surface area contributed by atoms with Crippen molar-refractivity contribution in [3.8, 4) is 11.3 Å². The minimum absolute atomic E-state index is 0.114. The number of benzene rings is 1. The van der Waals surface area contributed by atoms with Gasteiger partial charge in [-0.05, 0) is 26.0 Å². The molecule has 0 bridgehead atoms. The summed E-state index contributed by atoms with van der Waals surface area (Å²) >= 11 is 0. The lowest BCUT2D eigenvalue weighted by molar-refractivity contribution is 0.588. The van der Waals surface area contributed by atoms with Crippen LogP contribution in [-0.2, 0) is 0 Å². The lowest BCUT2D eigenvalue weighted by Gasteiger charge is -2.11. The molecule has 1 aromatic carbocycles. The summed E-state index contributed by atoms with van der Waals surface area (Å²) in [5.74, 6) is -0.663. The van der Waals surface area contributed by atoms with E-state index in [1.807, 2.05) is 6.92 Å². The highest BCUT2D eigenvalue weighted by Gasteiger charge is 2.16. The highest BCUT2D eigenvalue weighted by atomic mass is 19.1. The Morgan fingerprint density at radius 3 is 2.44 bits per heavy atom. The highest BCUT2D eigenvalue weighted by Crippen LogP contribution is 2.29. The van der Waals surface area contributed by atoms with Crippen LogP contribution in [0.25, 0.3) is 11.3 Å². The van der Waals surface area contributed by atoms with Gasteiger partial charge in [0.15, 0.2) is 0 Å². The first-order chi connectivity index (χ1) is 8.65. The minimum Gasteiger partial charge on any atom is -0.370 e. The first kappa shape index (κ1) is 12.4. The third kappa shape index (κ3) is 2.16. The van der Waals surface area contributed by atoms with E-state index in [0.29, 0.717) is 17.9 Å². The van der Waals surface area contributed by atoms with Gasteiger partial charge in [0.1, 0.15) is 23.8 Å². The predicted octanol–water partition coefficient (Wildman–Crippen LogP) is 3.16. The molecule has 0 fully saturated rings. The van der Waals surface area contributed by atoms with E-state index in [9.17, 15) is 8.78 Å². The van der Waals surface area contributed by atoms with Gasteiger partial charge in [-0.25, -0.2) is 18.7 Å². The first-order valence-corrected chi connectivity index (χ1v) is 5.65. The number of nitrogens with one attached hydrogen (secondary N) is 1. The Morgan fingerprint density at radius 1 is 1.17 bits per heavy atom. The SMILES string of the molecule is CCNc1ncnc(-c2c(F)cccc2F)c1C. The molecule has 1 N–H and O–H groups in total. The second kappa shape index (κ2) is 5.08. The Bertz CT molecular complexity index is 550. The maximum atomic E-state index is 13.7. The number of hydrogen-bond acceptors (Lipinski definition) is 3. The van der Waals surface area contributed by atoms with Crippen molar-refractivity contribution in [1.29, 1.82) is 0 Å². The summed E-state index contributed by atoms with van der Waals surface area (Å²) < 4.78 is 27.4. The molecule has 94 valence electrons. The van der Waals surface area contributed by atoms with E-state index in [2.05, 4.69) is 15.3 Å². The van der Waals surface area contributed by atoms with Crippen LogP contribution in [0.2, 0.25) is 0 Å². The third-order valence-electron chi connectivity index (χ3n) is 2.63. The fourth-order valence-electron chi connectivity index (χ4n) is 1.77. The summed E-state index contributed by atoms with van der Waals surface area (Å²) in [7, 11) is 0. The first-order valence-electron chi connectivity index (χ1n) is 5.65. The normalized spacial score (nSPS) is 10.4. The molecule has 0 aliphatic rings. The average Bonchev–Trinajstić information content (AvgIpc) is 2.33. The smallest absolute Gasteiger partial charge is 0.135 e. The van der Waals surface area contributed by atoms with Crippen molar-refractivity contribution in [1.82, 2.24) is 9.97 Å². The number of aromatic nitrogens is 2. The van der Waals surface area contributed by atoms with Gasteiger partial charge >= 0.3 is 0 Å². The van der Waals surface area contributed by atoms with E-state index in [1.165, 1.54) is 24.5 Å². The van der Waals surface area contributed by atoms with Crippen molar-refractivity contribution < 1.29 is 8.78 Å². The van der Waals surface area contributed by atoms with Crippen LogP contribution in [0.3, 0.4) is 0 Å². The second-order valence-corrected chi connectivity index (χ2v) is 3.82. The molecule has 0 aliphatic carbocycles. The molecule has 2 aromatic rings. The van der Waals surface area contributed by atoms with E-state index < -0.39 is 11.6 Å². The maximum absolute atomic E-state index is 13.7. The predicted molar refractivity (Wildman–Crippen MR) is 66.3 cm³/mol. The van der Waals surface area contributed by atoms with E-state index in [1.54, 1.807) is 6.92 Å². The zero-order valence-electron chi connectivity index (χ0n) is 10.2. The van der Waals surface area contributed by atoms with Crippen LogP contribution in [0.4, 0.5) is 14.6 Å². The molecule has 0 saturated carbocycles. The highest BCUT2D eigenvalue weighted by molar-refractivity contribution is 5.68. The van der Waals surface area contributed by atoms with Crippen molar-refractivity contribution in [2.45, 2.75) is 13.8 Å². The molecule has 3 nitrogen and oxygen atoms in total. The molecule has 0 saturated heterocycles. The summed E-state index contributed by atoms with van der Waals surface area (Å²) in [4.78, 5) is 8.03. The number of hydrogen-bond donors (Lipinski definition) is 1. The minimum atomic E-state index is -0.626. The van der Waals surface area contributed by atoms with Crippen LogP contribution in [-0.4, -0.2) is 16.5 Å². The van der Waals surface area contributed by atoms with E-state index in [4.69, 9.17) is 0 Å². The molecule has 0 unspecified atom stereocenters. The number of halogens is 2. The summed E-state index contributed by atoms with van der Waals surface area (Å²) in [5, 5.41) is 3.03. The van der Waals surface area contributed by atoms with Crippen LogP contribution in [0.5, 0.6) is 0 Å². The monoisotopic (exact) mass is 249 g/mol. The standard InChI is InChI=1S/C13H13F2N3/c1-3-16-13-8(2)12(17-7-18-13)11-9(14)5-4-6-10(11)15/h4-7H,3H2,1-2H3,(H,16,17,18). The van der Waals surface area contributed by atoms with Crippen molar-refractivity contribution in [3.63, 3.8) is 0 Å². The van der Waals surface area contributed by atoms with Crippen LogP contribution in [0.1, 0.15) is 12.5 Å². The molecule has 5 heteroatoms. The summed E-state index contributed by atoms with van der Waals surface area (Å²) in [6.07, 6.45) is 1.30. The zero-order chi connectivity index (χ0) is 13.1. The summed E-state index contributed by atoms with van der Waals surface area (Å²) in [6.45, 7) is 4.33. The van der Waals surface area contributed by atoms with Gasteiger partial charge in [0.2, 0.25) is 0 Å². The molecule has 0 aliphatic heterocycles. The van der Waals surface area contributed by atoms with E-state index >= 15 is 0 Å². The molecule has 0 amide bonds. The molecular formula is C13H13F2N3. The van der Waals surface area contributed by atoms with Gasteiger partial charge in [-0.15, -0.1) is 0 Å². The van der Waals surface area contributed by atoms with Crippen LogP contribution >= 0.6 is 0 Å². The average molecular weight is 249 g/mol. The fraction of sp³-hybridized carbons (Fsp3) is 0.231. The molecule has 1 aromatic heterocycles. The number of nitrogens with zero attached hydrogens (tertiary/aromatic N) is 2. The van der Waals surface area contributed by atoms with Gasteiger partial charge in [0.25, 0.3) is 0 Å².